The summed E-state index contributed by atoms with van der Waals surface area (Å²) in [4.78, 5) is 11.5. The number of hydrogen-bond acceptors (Lipinski definition) is 2. The fourth-order valence-electron chi connectivity index (χ4n) is 1.57. The van der Waals surface area contributed by atoms with Gasteiger partial charge < -0.3 is 4.42 Å². The van der Waals surface area contributed by atoms with Crippen molar-refractivity contribution in [2.75, 3.05) is 0 Å². The largest absolute Gasteiger partial charge is 0.423 e. The van der Waals surface area contributed by atoms with Crippen LogP contribution in [0.25, 0.3) is 12.2 Å². The van der Waals surface area contributed by atoms with Gasteiger partial charge in [-0.2, -0.15) is 0 Å². The average molecular weight is 206 g/mol. The van der Waals surface area contributed by atoms with Crippen molar-refractivity contribution in [2.45, 2.75) is 40.5 Å². The summed E-state index contributed by atoms with van der Waals surface area (Å²) in [6.45, 7) is 7.89. The SMILES string of the molecule is CCC=c1oc(=O)c(C)c(C)c1=CCC. The van der Waals surface area contributed by atoms with E-state index in [1.54, 1.807) is 0 Å². The zero-order chi connectivity index (χ0) is 11.4. The van der Waals surface area contributed by atoms with Gasteiger partial charge in [-0.1, -0.05) is 19.9 Å². The summed E-state index contributed by atoms with van der Waals surface area (Å²) in [7, 11) is 0. The van der Waals surface area contributed by atoms with E-state index in [-0.39, 0.29) is 5.63 Å². The van der Waals surface area contributed by atoms with Crippen molar-refractivity contribution in [3.8, 4) is 0 Å². The molecule has 1 aromatic rings. The molecular weight excluding hydrogens is 188 g/mol. The summed E-state index contributed by atoms with van der Waals surface area (Å²) >= 11 is 0. The molecule has 0 fully saturated rings. The Morgan fingerprint density at radius 3 is 2.20 bits per heavy atom. The maximum Gasteiger partial charge on any atom is 0.339 e. The zero-order valence-corrected chi connectivity index (χ0v) is 9.89. The normalized spacial score (nSPS) is 13.6. The summed E-state index contributed by atoms with van der Waals surface area (Å²) in [5.41, 5.74) is 2.24. The second-order valence-electron chi connectivity index (χ2n) is 3.64. The first-order valence-corrected chi connectivity index (χ1v) is 5.42. The molecule has 2 heteroatoms. The maximum absolute atomic E-state index is 11.5. The third-order valence-electron chi connectivity index (χ3n) is 2.54. The Balaban J connectivity index is 3.75. The molecule has 0 amide bonds. The molecule has 1 heterocycles. The molecule has 0 saturated heterocycles. The third kappa shape index (κ3) is 2.38. The van der Waals surface area contributed by atoms with Crippen LogP contribution in [-0.4, -0.2) is 0 Å². The molecule has 0 unspecified atom stereocenters. The summed E-state index contributed by atoms with van der Waals surface area (Å²) < 4.78 is 5.27. The van der Waals surface area contributed by atoms with Crippen molar-refractivity contribution in [2.24, 2.45) is 0 Å². The summed E-state index contributed by atoms with van der Waals surface area (Å²) in [5.74, 6) is 0. The van der Waals surface area contributed by atoms with Crippen LogP contribution in [0.4, 0.5) is 0 Å². The van der Waals surface area contributed by atoms with Crippen LogP contribution in [0, 0.1) is 13.8 Å². The molecule has 0 aliphatic heterocycles. The zero-order valence-electron chi connectivity index (χ0n) is 9.89. The topological polar surface area (TPSA) is 30.2 Å². The lowest BCUT2D eigenvalue weighted by molar-refractivity contribution is 0.465. The Bertz CT molecular complexity index is 507. The van der Waals surface area contributed by atoms with Crippen LogP contribution in [0.3, 0.4) is 0 Å². The average Bonchev–Trinajstić information content (AvgIpc) is 2.21. The van der Waals surface area contributed by atoms with E-state index < -0.39 is 0 Å². The standard InChI is InChI=1S/C13H18O2/c1-5-7-11-9(3)10(4)13(14)15-12(11)8-6-2/h7-8H,5-6H2,1-4H3. The van der Waals surface area contributed by atoms with Crippen molar-refractivity contribution in [3.63, 3.8) is 0 Å². The fraction of sp³-hybridized carbons (Fsp3) is 0.462. The first kappa shape index (κ1) is 11.8. The van der Waals surface area contributed by atoms with E-state index in [9.17, 15) is 4.79 Å². The summed E-state index contributed by atoms with van der Waals surface area (Å²) in [5, 5.41) is 1.07. The third-order valence-corrected chi connectivity index (χ3v) is 2.54. The molecule has 1 rings (SSSR count). The monoisotopic (exact) mass is 206 g/mol. The molecule has 0 aromatic carbocycles. The van der Waals surface area contributed by atoms with Crippen LogP contribution in [0.1, 0.15) is 37.8 Å². The van der Waals surface area contributed by atoms with Gasteiger partial charge in [-0.05, 0) is 38.3 Å². The van der Waals surface area contributed by atoms with E-state index in [0.717, 1.165) is 23.6 Å². The highest BCUT2D eigenvalue weighted by molar-refractivity contribution is 5.34. The second kappa shape index (κ2) is 4.96. The van der Waals surface area contributed by atoms with Crippen LogP contribution < -0.4 is 16.3 Å². The van der Waals surface area contributed by atoms with Crippen LogP contribution >= 0.6 is 0 Å². The lowest BCUT2D eigenvalue weighted by Gasteiger charge is -1.99. The van der Waals surface area contributed by atoms with E-state index >= 15 is 0 Å². The molecule has 0 bridgehead atoms. The summed E-state index contributed by atoms with van der Waals surface area (Å²) in [6, 6.07) is 0. The van der Waals surface area contributed by atoms with E-state index in [1.165, 1.54) is 0 Å². The lowest BCUT2D eigenvalue weighted by atomic mass is 10.1. The molecule has 15 heavy (non-hydrogen) atoms. The van der Waals surface area contributed by atoms with Crippen molar-refractivity contribution >= 4 is 12.2 Å². The van der Waals surface area contributed by atoms with Gasteiger partial charge in [0.2, 0.25) is 0 Å². The number of rotatable bonds is 2. The van der Waals surface area contributed by atoms with E-state index in [0.29, 0.717) is 11.0 Å². The Morgan fingerprint density at radius 1 is 1.07 bits per heavy atom. The molecule has 0 N–H and O–H groups in total. The highest BCUT2D eigenvalue weighted by atomic mass is 16.4. The molecule has 2 nitrogen and oxygen atoms in total. The molecule has 0 atom stereocenters. The molecule has 0 saturated carbocycles. The van der Waals surface area contributed by atoms with Gasteiger partial charge in [-0.3, -0.25) is 0 Å². The second-order valence-corrected chi connectivity index (χ2v) is 3.64. The molecule has 0 aliphatic carbocycles. The Kier molecular flexibility index (Phi) is 3.89. The first-order chi connectivity index (χ1) is 7.11. The summed E-state index contributed by atoms with van der Waals surface area (Å²) in [6.07, 6.45) is 5.87. The van der Waals surface area contributed by atoms with Crippen LogP contribution in [0.5, 0.6) is 0 Å². The minimum absolute atomic E-state index is 0.222. The van der Waals surface area contributed by atoms with Gasteiger partial charge in [0.05, 0.1) is 0 Å². The van der Waals surface area contributed by atoms with E-state index in [2.05, 4.69) is 13.0 Å². The molecule has 0 spiro atoms. The molecule has 0 radical (unpaired) electrons. The van der Waals surface area contributed by atoms with Gasteiger partial charge in [0.1, 0.15) is 5.42 Å². The van der Waals surface area contributed by atoms with Crippen molar-refractivity contribution < 1.29 is 4.42 Å². The minimum Gasteiger partial charge on any atom is -0.423 e. The van der Waals surface area contributed by atoms with E-state index in [4.69, 9.17) is 4.42 Å². The molecular formula is C13H18O2. The van der Waals surface area contributed by atoms with Crippen molar-refractivity contribution in [1.82, 2.24) is 0 Å². The highest BCUT2D eigenvalue weighted by Crippen LogP contribution is 1.91. The molecule has 0 aliphatic rings. The van der Waals surface area contributed by atoms with Crippen LogP contribution in [0.15, 0.2) is 9.21 Å². The van der Waals surface area contributed by atoms with Gasteiger partial charge in [-0.15, -0.1) is 0 Å². The Labute approximate surface area is 89.9 Å². The van der Waals surface area contributed by atoms with Crippen molar-refractivity contribution in [3.05, 3.63) is 32.2 Å². The Morgan fingerprint density at radius 2 is 1.67 bits per heavy atom. The van der Waals surface area contributed by atoms with Gasteiger partial charge >= 0.3 is 5.63 Å². The quantitative estimate of drug-likeness (QED) is 0.736. The molecule has 1 aromatic heterocycles. The Hall–Kier alpha value is -1.31. The van der Waals surface area contributed by atoms with Gasteiger partial charge in [0.25, 0.3) is 0 Å². The lowest BCUT2D eigenvalue weighted by Crippen LogP contribution is -2.33. The predicted octanol–water partition coefficient (Wildman–Crippen LogP) is 1.64. The van der Waals surface area contributed by atoms with Gasteiger partial charge in [-0.25, -0.2) is 4.79 Å². The van der Waals surface area contributed by atoms with Gasteiger partial charge in [0, 0.05) is 10.8 Å². The van der Waals surface area contributed by atoms with Crippen molar-refractivity contribution in [1.29, 1.82) is 0 Å². The first-order valence-electron chi connectivity index (χ1n) is 5.42. The highest BCUT2D eigenvalue weighted by Gasteiger charge is 2.02. The fourth-order valence-corrected chi connectivity index (χ4v) is 1.57. The van der Waals surface area contributed by atoms with Gasteiger partial charge in [0.15, 0.2) is 0 Å². The minimum atomic E-state index is -0.222. The predicted molar refractivity (Wildman–Crippen MR) is 63.2 cm³/mol. The smallest absolute Gasteiger partial charge is 0.339 e. The van der Waals surface area contributed by atoms with Crippen LogP contribution in [-0.2, 0) is 0 Å². The maximum atomic E-state index is 11.5. The molecule has 82 valence electrons. The number of hydrogen-bond donors (Lipinski definition) is 0. The van der Waals surface area contributed by atoms with Crippen LogP contribution in [0.2, 0.25) is 0 Å². The van der Waals surface area contributed by atoms with E-state index in [1.807, 2.05) is 26.8 Å².